The van der Waals surface area contributed by atoms with E-state index in [9.17, 15) is 4.79 Å². The van der Waals surface area contributed by atoms with Crippen LogP contribution in [0.4, 0.5) is 0 Å². The van der Waals surface area contributed by atoms with Crippen molar-refractivity contribution in [2.24, 2.45) is 0 Å². The molecule has 114 valence electrons. The molecule has 0 radical (unpaired) electrons. The summed E-state index contributed by atoms with van der Waals surface area (Å²) in [5, 5.41) is 9.98. The van der Waals surface area contributed by atoms with Crippen LogP contribution >= 0.6 is 0 Å². The van der Waals surface area contributed by atoms with Crippen molar-refractivity contribution >= 4 is 5.91 Å². The third-order valence-electron chi connectivity index (χ3n) is 4.01. The van der Waals surface area contributed by atoms with Gasteiger partial charge >= 0.3 is 0 Å². The van der Waals surface area contributed by atoms with Gasteiger partial charge in [0.05, 0.1) is 5.69 Å². The van der Waals surface area contributed by atoms with Crippen LogP contribution < -0.4 is 5.32 Å². The average Bonchev–Trinajstić information content (AvgIpc) is 3.07. The SMILES string of the molecule is O=C(NCCC1=CCCCC1)c1cc(-c2ccccc2)n[nH]1. The van der Waals surface area contributed by atoms with Crippen LogP contribution in [0.3, 0.4) is 0 Å². The Hall–Kier alpha value is -2.36. The van der Waals surface area contributed by atoms with Crippen LogP contribution in [0.1, 0.15) is 42.6 Å². The van der Waals surface area contributed by atoms with Crippen molar-refractivity contribution in [1.82, 2.24) is 15.5 Å². The molecule has 0 saturated heterocycles. The number of nitrogens with zero attached hydrogens (tertiary/aromatic N) is 1. The highest BCUT2D eigenvalue weighted by atomic mass is 16.1. The quantitative estimate of drug-likeness (QED) is 0.826. The van der Waals surface area contributed by atoms with Crippen LogP contribution in [0.25, 0.3) is 11.3 Å². The number of hydrogen-bond donors (Lipinski definition) is 2. The monoisotopic (exact) mass is 295 g/mol. The number of nitrogens with one attached hydrogen (secondary N) is 2. The van der Waals surface area contributed by atoms with Gasteiger partial charge in [-0.3, -0.25) is 9.89 Å². The van der Waals surface area contributed by atoms with E-state index in [1.54, 1.807) is 6.07 Å². The van der Waals surface area contributed by atoms with E-state index in [-0.39, 0.29) is 5.91 Å². The molecule has 4 heteroatoms. The zero-order chi connectivity index (χ0) is 15.2. The first-order chi connectivity index (χ1) is 10.8. The van der Waals surface area contributed by atoms with Crippen LogP contribution in [0.5, 0.6) is 0 Å². The standard InChI is InChI=1S/C18H21N3O/c22-18(19-12-11-14-7-3-1-4-8-14)17-13-16(20-21-17)15-9-5-2-6-10-15/h2,5-7,9-10,13H,1,3-4,8,11-12H2,(H,19,22)(H,20,21). The number of H-pyrrole nitrogens is 1. The molecule has 1 aliphatic rings. The predicted molar refractivity (Wildman–Crippen MR) is 87.5 cm³/mol. The largest absolute Gasteiger partial charge is 0.350 e. The molecule has 1 aromatic carbocycles. The Balaban J connectivity index is 1.54. The number of rotatable bonds is 5. The first-order valence-electron chi connectivity index (χ1n) is 7.90. The van der Waals surface area contributed by atoms with Gasteiger partial charge in [-0.2, -0.15) is 5.10 Å². The first-order valence-corrected chi connectivity index (χ1v) is 7.90. The number of hydrogen-bond acceptors (Lipinski definition) is 2. The second kappa shape index (κ2) is 7.07. The molecular formula is C18H21N3O. The van der Waals surface area contributed by atoms with Crippen LogP contribution in [0, 0.1) is 0 Å². The Labute approximate surface area is 130 Å². The minimum absolute atomic E-state index is 0.0916. The summed E-state index contributed by atoms with van der Waals surface area (Å²) in [5.74, 6) is -0.0916. The van der Waals surface area contributed by atoms with E-state index in [1.807, 2.05) is 30.3 Å². The molecule has 0 aliphatic heterocycles. The van der Waals surface area contributed by atoms with E-state index < -0.39 is 0 Å². The number of amides is 1. The molecule has 1 heterocycles. The van der Waals surface area contributed by atoms with E-state index in [4.69, 9.17) is 0 Å². The first kappa shape index (κ1) is 14.6. The molecule has 4 nitrogen and oxygen atoms in total. The number of allylic oxidation sites excluding steroid dienone is 1. The van der Waals surface area contributed by atoms with Gasteiger partial charge in [0.25, 0.3) is 5.91 Å². The fourth-order valence-electron chi connectivity index (χ4n) is 2.76. The van der Waals surface area contributed by atoms with Gasteiger partial charge < -0.3 is 5.32 Å². The lowest BCUT2D eigenvalue weighted by atomic mass is 9.97. The van der Waals surface area contributed by atoms with Gasteiger partial charge in [0, 0.05) is 12.1 Å². The van der Waals surface area contributed by atoms with Crippen LogP contribution in [-0.4, -0.2) is 22.6 Å². The maximum Gasteiger partial charge on any atom is 0.269 e. The molecule has 0 bridgehead atoms. The molecule has 0 saturated carbocycles. The summed E-state index contributed by atoms with van der Waals surface area (Å²) in [5.41, 5.74) is 3.78. The Kier molecular flexibility index (Phi) is 4.68. The van der Waals surface area contributed by atoms with Gasteiger partial charge in [-0.1, -0.05) is 42.0 Å². The van der Waals surface area contributed by atoms with Crippen LogP contribution in [0.2, 0.25) is 0 Å². The fourth-order valence-corrected chi connectivity index (χ4v) is 2.76. The third-order valence-corrected chi connectivity index (χ3v) is 4.01. The van der Waals surface area contributed by atoms with Crippen molar-refractivity contribution in [3.8, 4) is 11.3 Å². The Morgan fingerprint density at radius 1 is 1.23 bits per heavy atom. The molecule has 2 N–H and O–H groups in total. The van der Waals surface area contributed by atoms with Crippen LogP contribution in [0.15, 0.2) is 48.0 Å². The van der Waals surface area contributed by atoms with Gasteiger partial charge in [0.2, 0.25) is 0 Å². The lowest BCUT2D eigenvalue weighted by molar-refractivity contribution is 0.0949. The number of aromatic nitrogens is 2. The van der Waals surface area contributed by atoms with Crippen molar-refractivity contribution in [1.29, 1.82) is 0 Å². The van der Waals surface area contributed by atoms with E-state index >= 15 is 0 Å². The minimum Gasteiger partial charge on any atom is -0.350 e. The molecule has 2 aromatic rings. The van der Waals surface area contributed by atoms with E-state index in [0.717, 1.165) is 17.7 Å². The molecule has 1 aromatic heterocycles. The minimum atomic E-state index is -0.0916. The zero-order valence-corrected chi connectivity index (χ0v) is 12.6. The summed E-state index contributed by atoms with van der Waals surface area (Å²) in [4.78, 5) is 12.1. The second-order valence-corrected chi connectivity index (χ2v) is 5.65. The molecule has 3 rings (SSSR count). The Morgan fingerprint density at radius 2 is 2.09 bits per heavy atom. The van der Waals surface area contributed by atoms with Crippen molar-refractivity contribution in [2.75, 3.05) is 6.54 Å². The maximum atomic E-state index is 12.1. The second-order valence-electron chi connectivity index (χ2n) is 5.65. The van der Waals surface area contributed by atoms with Gasteiger partial charge in [-0.25, -0.2) is 0 Å². The smallest absolute Gasteiger partial charge is 0.269 e. The maximum absolute atomic E-state index is 12.1. The van der Waals surface area contributed by atoms with Crippen LogP contribution in [-0.2, 0) is 0 Å². The molecular weight excluding hydrogens is 274 g/mol. The normalized spacial score (nSPS) is 14.5. The lowest BCUT2D eigenvalue weighted by Crippen LogP contribution is -2.25. The highest BCUT2D eigenvalue weighted by Gasteiger charge is 2.11. The third kappa shape index (κ3) is 3.64. The fraction of sp³-hybridized carbons (Fsp3) is 0.333. The van der Waals surface area contributed by atoms with E-state index in [1.165, 1.54) is 31.3 Å². The highest BCUT2D eigenvalue weighted by molar-refractivity contribution is 5.93. The van der Waals surface area contributed by atoms with Crippen molar-refractivity contribution in [3.63, 3.8) is 0 Å². The molecule has 0 spiro atoms. The van der Waals surface area contributed by atoms with Gasteiger partial charge in [-0.05, 0) is 38.2 Å². The van der Waals surface area contributed by atoms with Gasteiger partial charge in [0.15, 0.2) is 0 Å². The number of carbonyl (C=O) groups is 1. The van der Waals surface area contributed by atoms with Crippen molar-refractivity contribution in [2.45, 2.75) is 32.1 Å². The molecule has 0 atom stereocenters. The number of carbonyl (C=O) groups excluding carboxylic acids is 1. The summed E-state index contributed by atoms with van der Waals surface area (Å²) < 4.78 is 0. The highest BCUT2D eigenvalue weighted by Crippen LogP contribution is 2.19. The average molecular weight is 295 g/mol. The molecule has 1 amide bonds. The van der Waals surface area contributed by atoms with E-state index in [2.05, 4.69) is 21.6 Å². The summed E-state index contributed by atoms with van der Waals surface area (Å²) in [6.07, 6.45) is 8.21. The van der Waals surface area contributed by atoms with E-state index in [0.29, 0.717) is 12.2 Å². The Bertz CT molecular complexity index is 658. The Morgan fingerprint density at radius 3 is 2.86 bits per heavy atom. The molecule has 0 unspecified atom stereocenters. The number of benzene rings is 1. The van der Waals surface area contributed by atoms with Crippen molar-refractivity contribution in [3.05, 3.63) is 53.7 Å². The molecule has 22 heavy (non-hydrogen) atoms. The zero-order valence-electron chi connectivity index (χ0n) is 12.6. The van der Waals surface area contributed by atoms with Gasteiger partial charge in [-0.15, -0.1) is 0 Å². The predicted octanol–water partition coefficient (Wildman–Crippen LogP) is 3.70. The summed E-state index contributed by atoms with van der Waals surface area (Å²) in [7, 11) is 0. The summed E-state index contributed by atoms with van der Waals surface area (Å²) in [6.45, 7) is 0.685. The molecule has 1 aliphatic carbocycles. The summed E-state index contributed by atoms with van der Waals surface area (Å²) in [6, 6.07) is 11.6. The summed E-state index contributed by atoms with van der Waals surface area (Å²) >= 11 is 0. The molecule has 0 fully saturated rings. The van der Waals surface area contributed by atoms with Gasteiger partial charge in [0.1, 0.15) is 5.69 Å². The lowest BCUT2D eigenvalue weighted by Gasteiger charge is -2.12. The van der Waals surface area contributed by atoms with Crippen molar-refractivity contribution < 1.29 is 4.79 Å². The number of aromatic amines is 1. The topological polar surface area (TPSA) is 57.8 Å².